The van der Waals surface area contributed by atoms with Gasteiger partial charge in [-0.3, -0.25) is 4.79 Å². The van der Waals surface area contributed by atoms with Gasteiger partial charge < -0.3 is 14.7 Å². The molecule has 1 N–H and O–H groups in total. The number of hydrogen-bond acceptors (Lipinski definition) is 3. The first kappa shape index (κ1) is 24.8. The normalized spacial score (nSPS) is 35.3. The highest BCUT2D eigenvalue weighted by molar-refractivity contribution is 5.95. The quantitative estimate of drug-likeness (QED) is 0.502. The number of rotatable bonds is 5. The maximum Gasteiger partial charge on any atom is 0.419 e. The number of aliphatic hydroxyl groups is 1. The fourth-order valence-corrected chi connectivity index (χ4v) is 7.26. The molecule has 2 bridgehead atoms. The predicted octanol–water partition coefficient (Wildman–Crippen LogP) is 6.07. The van der Waals surface area contributed by atoms with Crippen molar-refractivity contribution in [1.82, 2.24) is 4.90 Å². The molecular weight excluding hydrogens is 462 g/mol. The fraction of sp³-hybridized carbons (Fsp3) is 0.741. The van der Waals surface area contributed by atoms with E-state index in [2.05, 4.69) is 13.8 Å². The molecule has 8 heteroatoms. The van der Waals surface area contributed by atoms with Gasteiger partial charge in [0, 0.05) is 24.4 Å². The molecule has 1 saturated heterocycles. The number of alkyl halides is 3. The SMILES string of the molecule is CC1CC2CC(C)CC(COc3cc(F)c(C(=O)N4CCC(O)(C(F)(F)F)C4)cc3C3CC3)(C1)C2. The van der Waals surface area contributed by atoms with Crippen molar-refractivity contribution in [3.05, 3.63) is 29.1 Å². The van der Waals surface area contributed by atoms with Gasteiger partial charge in [-0.05, 0) is 80.2 Å². The number of amides is 1. The van der Waals surface area contributed by atoms with Crippen molar-refractivity contribution < 1.29 is 32.2 Å². The molecule has 3 atom stereocenters. The largest absolute Gasteiger partial charge is 0.493 e. The summed E-state index contributed by atoms with van der Waals surface area (Å²) in [7, 11) is 0. The van der Waals surface area contributed by atoms with E-state index in [1.807, 2.05) is 0 Å². The minimum Gasteiger partial charge on any atom is -0.493 e. The molecule has 1 aliphatic heterocycles. The number of benzene rings is 1. The Balaban J connectivity index is 1.35. The number of hydrogen-bond donors (Lipinski definition) is 1. The van der Waals surface area contributed by atoms with E-state index in [4.69, 9.17) is 4.74 Å². The molecule has 4 aliphatic rings. The zero-order valence-electron chi connectivity index (χ0n) is 20.5. The zero-order chi connectivity index (χ0) is 25.2. The molecule has 35 heavy (non-hydrogen) atoms. The second-order valence-electron chi connectivity index (χ2n) is 12.1. The minimum atomic E-state index is -4.84. The van der Waals surface area contributed by atoms with E-state index >= 15 is 4.39 Å². The van der Waals surface area contributed by atoms with Crippen LogP contribution in [0.2, 0.25) is 0 Å². The van der Waals surface area contributed by atoms with E-state index in [0.29, 0.717) is 30.1 Å². The lowest BCUT2D eigenvalue weighted by atomic mass is 9.57. The first-order valence-corrected chi connectivity index (χ1v) is 12.9. The van der Waals surface area contributed by atoms with Crippen molar-refractivity contribution in [3.63, 3.8) is 0 Å². The first-order chi connectivity index (χ1) is 16.4. The third-order valence-electron chi connectivity index (χ3n) is 8.70. The van der Waals surface area contributed by atoms with Crippen LogP contribution in [0.1, 0.15) is 87.1 Å². The number of nitrogens with zero attached hydrogens (tertiary/aromatic N) is 1. The lowest BCUT2D eigenvalue weighted by Gasteiger charge is -2.49. The van der Waals surface area contributed by atoms with Crippen molar-refractivity contribution in [2.24, 2.45) is 23.2 Å². The number of β-amino-alcohol motifs (C(OH)–C–C–N with tert-alkyl or cyclic N) is 1. The second-order valence-corrected chi connectivity index (χ2v) is 12.1. The third kappa shape index (κ3) is 4.79. The Morgan fingerprint density at radius 2 is 1.80 bits per heavy atom. The molecule has 1 heterocycles. The number of likely N-dealkylation sites (tertiary alicyclic amines) is 1. The van der Waals surface area contributed by atoms with Crippen molar-refractivity contribution in [2.45, 2.75) is 82.9 Å². The molecule has 0 aromatic heterocycles. The summed E-state index contributed by atoms with van der Waals surface area (Å²) in [6.07, 6.45) is 2.21. The van der Waals surface area contributed by atoms with Crippen molar-refractivity contribution >= 4 is 5.91 Å². The molecule has 0 spiro atoms. The standard InChI is InChI=1S/C27H35F4NO3/c1-16-7-18-8-17(2)12-25(11-16,13-18)15-35-23-10-22(28)21(9-20(23)19-3-4-19)24(33)32-6-5-26(34,14-32)27(29,30)31/h9-10,16-19,34H,3-8,11-15H2,1-2H3. The monoisotopic (exact) mass is 497 g/mol. The Morgan fingerprint density at radius 1 is 1.14 bits per heavy atom. The average Bonchev–Trinajstić information content (AvgIpc) is 3.50. The van der Waals surface area contributed by atoms with E-state index in [-0.39, 0.29) is 23.4 Å². The fourth-order valence-electron chi connectivity index (χ4n) is 7.26. The van der Waals surface area contributed by atoms with Crippen LogP contribution in [0.4, 0.5) is 17.6 Å². The summed E-state index contributed by atoms with van der Waals surface area (Å²) < 4.78 is 61.1. The number of halogens is 4. The van der Waals surface area contributed by atoms with Crippen LogP contribution in [-0.2, 0) is 0 Å². The topological polar surface area (TPSA) is 49.8 Å². The Labute approximate surface area is 204 Å². The molecule has 3 saturated carbocycles. The summed E-state index contributed by atoms with van der Waals surface area (Å²) >= 11 is 0. The first-order valence-electron chi connectivity index (χ1n) is 12.9. The molecule has 3 aliphatic carbocycles. The number of fused-ring (bicyclic) bond motifs is 2. The van der Waals surface area contributed by atoms with Gasteiger partial charge >= 0.3 is 6.18 Å². The van der Waals surface area contributed by atoms with Crippen LogP contribution in [-0.4, -0.2) is 47.4 Å². The summed E-state index contributed by atoms with van der Waals surface area (Å²) in [5, 5.41) is 9.93. The number of ether oxygens (including phenoxy) is 1. The van der Waals surface area contributed by atoms with Crippen LogP contribution in [0.3, 0.4) is 0 Å². The number of carbonyl (C=O) groups excluding carboxylic acids is 1. The summed E-state index contributed by atoms with van der Waals surface area (Å²) in [6, 6.07) is 2.72. The lowest BCUT2D eigenvalue weighted by molar-refractivity contribution is -0.253. The number of carbonyl (C=O) groups is 1. The van der Waals surface area contributed by atoms with Gasteiger partial charge in [-0.25, -0.2) is 4.39 Å². The maximum absolute atomic E-state index is 15.2. The van der Waals surface area contributed by atoms with Gasteiger partial charge in [0.05, 0.1) is 18.7 Å². The summed E-state index contributed by atoms with van der Waals surface area (Å²) in [5.74, 6) is 1.00. The van der Waals surface area contributed by atoms with Crippen LogP contribution >= 0.6 is 0 Å². The van der Waals surface area contributed by atoms with Crippen molar-refractivity contribution in [1.29, 1.82) is 0 Å². The van der Waals surface area contributed by atoms with Crippen LogP contribution in [0.5, 0.6) is 5.75 Å². The molecule has 4 nitrogen and oxygen atoms in total. The van der Waals surface area contributed by atoms with E-state index in [0.717, 1.165) is 42.6 Å². The molecule has 1 amide bonds. The van der Waals surface area contributed by atoms with Gasteiger partial charge in [-0.1, -0.05) is 13.8 Å². The van der Waals surface area contributed by atoms with Gasteiger partial charge in [0.25, 0.3) is 5.91 Å². The highest BCUT2D eigenvalue weighted by Gasteiger charge is 2.58. The Morgan fingerprint density at radius 3 is 2.37 bits per heavy atom. The molecular formula is C27H35F4NO3. The Hall–Kier alpha value is -1.83. The third-order valence-corrected chi connectivity index (χ3v) is 8.70. The molecule has 1 aromatic carbocycles. The second kappa shape index (κ2) is 8.63. The van der Waals surface area contributed by atoms with Gasteiger partial charge in [0.1, 0.15) is 11.6 Å². The molecule has 1 aromatic rings. The van der Waals surface area contributed by atoms with Gasteiger partial charge in [-0.15, -0.1) is 0 Å². The molecule has 4 fully saturated rings. The summed E-state index contributed by atoms with van der Waals surface area (Å²) in [5.41, 5.74) is -2.35. The van der Waals surface area contributed by atoms with E-state index in [9.17, 15) is 23.1 Å². The summed E-state index contributed by atoms with van der Waals surface area (Å²) in [6.45, 7) is 3.96. The van der Waals surface area contributed by atoms with Crippen LogP contribution < -0.4 is 4.74 Å². The molecule has 0 radical (unpaired) electrons. The lowest BCUT2D eigenvalue weighted by Crippen LogP contribution is -2.48. The average molecular weight is 498 g/mol. The van der Waals surface area contributed by atoms with Crippen LogP contribution in [0, 0.1) is 29.0 Å². The van der Waals surface area contributed by atoms with E-state index in [1.54, 1.807) is 0 Å². The zero-order valence-corrected chi connectivity index (χ0v) is 20.5. The van der Waals surface area contributed by atoms with Gasteiger partial charge in [0.15, 0.2) is 5.60 Å². The molecule has 5 rings (SSSR count). The van der Waals surface area contributed by atoms with Crippen molar-refractivity contribution in [2.75, 3.05) is 19.7 Å². The minimum absolute atomic E-state index is 0.0867. The summed E-state index contributed by atoms with van der Waals surface area (Å²) in [4.78, 5) is 13.9. The Kier molecular flexibility index (Phi) is 6.13. The van der Waals surface area contributed by atoms with Crippen molar-refractivity contribution in [3.8, 4) is 5.75 Å². The van der Waals surface area contributed by atoms with Crippen LogP contribution in [0.15, 0.2) is 12.1 Å². The predicted molar refractivity (Wildman–Crippen MR) is 123 cm³/mol. The maximum atomic E-state index is 15.2. The van der Waals surface area contributed by atoms with Gasteiger partial charge in [0.2, 0.25) is 0 Å². The molecule has 194 valence electrons. The smallest absolute Gasteiger partial charge is 0.419 e. The van der Waals surface area contributed by atoms with E-state index in [1.165, 1.54) is 25.0 Å². The van der Waals surface area contributed by atoms with E-state index < -0.39 is 36.5 Å². The highest BCUT2D eigenvalue weighted by atomic mass is 19.4. The van der Waals surface area contributed by atoms with Gasteiger partial charge in [-0.2, -0.15) is 13.2 Å². The highest BCUT2D eigenvalue weighted by Crippen LogP contribution is 2.53. The molecule has 3 unspecified atom stereocenters. The Bertz CT molecular complexity index is 972. The van der Waals surface area contributed by atoms with Crippen LogP contribution in [0.25, 0.3) is 0 Å².